The van der Waals surface area contributed by atoms with Crippen LogP contribution in [0.3, 0.4) is 0 Å². The van der Waals surface area contributed by atoms with Crippen LogP contribution < -0.4 is 19.5 Å². The largest absolute Gasteiger partial charge is 0.493 e. The number of rotatable bonds is 8. The van der Waals surface area contributed by atoms with Crippen molar-refractivity contribution in [1.29, 1.82) is 0 Å². The zero-order chi connectivity index (χ0) is 22.4. The maximum Gasteiger partial charge on any atom is 0.286 e. The SMILES string of the molecule is CCOc1cc(C(=O)Nc2ccc(Oc3cccc(Br)c3)nc2)c([N+](=O)[O-])cc1OC. The predicted molar refractivity (Wildman–Crippen MR) is 117 cm³/mol. The van der Waals surface area contributed by atoms with Crippen LogP contribution in [0.1, 0.15) is 17.3 Å². The Bertz CT molecular complexity index is 1100. The maximum atomic E-state index is 12.7. The molecule has 0 aliphatic heterocycles. The highest BCUT2D eigenvalue weighted by Crippen LogP contribution is 2.35. The van der Waals surface area contributed by atoms with Crippen molar-refractivity contribution in [1.82, 2.24) is 4.98 Å². The topological polar surface area (TPSA) is 113 Å². The maximum absolute atomic E-state index is 12.7. The van der Waals surface area contributed by atoms with Crippen molar-refractivity contribution in [3.63, 3.8) is 0 Å². The highest BCUT2D eigenvalue weighted by molar-refractivity contribution is 9.10. The molecule has 0 bridgehead atoms. The minimum atomic E-state index is -0.683. The Morgan fingerprint density at radius 3 is 2.61 bits per heavy atom. The summed E-state index contributed by atoms with van der Waals surface area (Å²) in [6.07, 6.45) is 1.39. The molecule has 3 rings (SSSR count). The first-order valence-electron chi connectivity index (χ1n) is 9.11. The van der Waals surface area contributed by atoms with Gasteiger partial charge in [0.1, 0.15) is 11.3 Å². The number of hydrogen-bond acceptors (Lipinski definition) is 7. The van der Waals surface area contributed by atoms with Gasteiger partial charge >= 0.3 is 0 Å². The lowest BCUT2D eigenvalue weighted by atomic mass is 10.1. The van der Waals surface area contributed by atoms with Crippen LogP contribution in [0.15, 0.2) is 59.2 Å². The minimum Gasteiger partial charge on any atom is -0.493 e. The molecule has 0 atom stereocenters. The highest BCUT2D eigenvalue weighted by atomic mass is 79.9. The van der Waals surface area contributed by atoms with Crippen molar-refractivity contribution in [2.24, 2.45) is 0 Å². The molecule has 0 aliphatic carbocycles. The third kappa shape index (κ3) is 5.48. The molecule has 0 fully saturated rings. The molecule has 0 aliphatic rings. The Morgan fingerprint density at radius 2 is 2.00 bits per heavy atom. The van der Waals surface area contributed by atoms with Gasteiger partial charge in [-0.3, -0.25) is 14.9 Å². The van der Waals surface area contributed by atoms with Gasteiger partial charge in [-0.15, -0.1) is 0 Å². The number of benzene rings is 2. The molecule has 160 valence electrons. The van der Waals surface area contributed by atoms with Crippen LogP contribution in [0.5, 0.6) is 23.1 Å². The molecule has 0 unspecified atom stereocenters. The van der Waals surface area contributed by atoms with E-state index in [9.17, 15) is 14.9 Å². The fraction of sp³-hybridized carbons (Fsp3) is 0.143. The summed E-state index contributed by atoms with van der Waals surface area (Å²) in [6, 6.07) is 12.9. The summed E-state index contributed by atoms with van der Waals surface area (Å²) in [4.78, 5) is 27.7. The Kier molecular flexibility index (Phi) is 7.03. The molecule has 0 radical (unpaired) electrons. The number of aromatic nitrogens is 1. The van der Waals surface area contributed by atoms with Crippen molar-refractivity contribution < 1.29 is 23.9 Å². The van der Waals surface area contributed by atoms with Crippen molar-refractivity contribution >= 4 is 33.2 Å². The molecule has 9 nitrogen and oxygen atoms in total. The monoisotopic (exact) mass is 487 g/mol. The second-order valence-corrected chi connectivity index (χ2v) is 7.02. The average molecular weight is 488 g/mol. The van der Waals surface area contributed by atoms with Crippen LogP contribution in [0.2, 0.25) is 0 Å². The molecule has 2 aromatic carbocycles. The first kappa shape index (κ1) is 22.0. The van der Waals surface area contributed by atoms with E-state index < -0.39 is 16.5 Å². The van der Waals surface area contributed by atoms with E-state index in [2.05, 4.69) is 26.2 Å². The number of ether oxygens (including phenoxy) is 3. The van der Waals surface area contributed by atoms with E-state index in [1.165, 1.54) is 19.4 Å². The van der Waals surface area contributed by atoms with Crippen LogP contribution in [-0.4, -0.2) is 29.5 Å². The van der Waals surface area contributed by atoms with E-state index in [1.807, 2.05) is 12.1 Å². The molecule has 1 amide bonds. The Labute approximate surface area is 186 Å². The summed E-state index contributed by atoms with van der Waals surface area (Å²) in [5.41, 5.74) is -0.223. The van der Waals surface area contributed by atoms with E-state index in [4.69, 9.17) is 14.2 Å². The highest BCUT2D eigenvalue weighted by Gasteiger charge is 2.25. The zero-order valence-corrected chi connectivity index (χ0v) is 18.2. The number of methoxy groups -OCH3 is 1. The minimum absolute atomic E-state index is 0.163. The molecule has 31 heavy (non-hydrogen) atoms. The van der Waals surface area contributed by atoms with E-state index in [0.717, 1.165) is 10.5 Å². The second-order valence-electron chi connectivity index (χ2n) is 6.11. The number of anilines is 1. The van der Waals surface area contributed by atoms with Crippen molar-refractivity contribution in [3.05, 3.63) is 74.9 Å². The molecule has 0 saturated heterocycles. The number of nitrogens with zero attached hydrogens (tertiary/aromatic N) is 2. The van der Waals surface area contributed by atoms with E-state index in [-0.39, 0.29) is 17.1 Å². The van der Waals surface area contributed by atoms with E-state index in [1.54, 1.807) is 31.2 Å². The van der Waals surface area contributed by atoms with Gasteiger partial charge in [0, 0.05) is 16.6 Å². The summed E-state index contributed by atoms with van der Waals surface area (Å²) in [5, 5.41) is 14.1. The van der Waals surface area contributed by atoms with Crippen LogP contribution >= 0.6 is 15.9 Å². The third-order valence-electron chi connectivity index (χ3n) is 4.04. The Hall–Kier alpha value is -3.66. The summed E-state index contributed by atoms with van der Waals surface area (Å²) in [6.45, 7) is 2.06. The van der Waals surface area contributed by atoms with Crippen molar-refractivity contribution in [2.45, 2.75) is 6.92 Å². The standard InChI is InChI=1S/C21H18BrN3O6/c1-3-30-19-10-16(17(25(27)28)11-18(19)29-2)21(26)24-14-7-8-20(23-12-14)31-15-6-4-5-13(22)9-15/h4-12H,3H2,1-2H3,(H,24,26). The molecule has 3 aromatic rings. The lowest BCUT2D eigenvalue weighted by Crippen LogP contribution is -2.15. The molecule has 1 aromatic heterocycles. The normalized spacial score (nSPS) is 10.3. The van der Waals surface area contributed by atoms with Gasteiger partial charge < -0.3 is 19.5 Å². The quantitative estimate of drug-likeness (QED) is 0.342. The summed E-state index contributed by atoms with van der Waals surface area (Å²) in [5.74, 6) is 0.636. The van der Waals surface area contributed by atoms with Crippen LogP contribution in [0.25, 0.3) is 0 Å². The number of carbonyl (C=O) groups is 1. The van der Waals surface area contributed by atoms with Gasteiger partial charge in [-0.05, 0) is 31.2 Å². The lowest BCUT2D eigenvalue weighted by molar-refractivity contribution is -0.385. The summed E-state index contributed by atoms with van der Waals surface area (Å²) < 4.78 is 17.1. The Balaban J connectivity index is 1.80. The lowest BCUT2D eigenvalue weighted by Gasteiger charge is -2.12. The average Bonchev–Trinajstić information content (AvgIpc) is 2.75. The van der Waals surface area contributed by atoms with Crippen molar-refractivity contribution in [2.75, 3.05) is 19.0 Å². The number of nitrogens with one attached hydrogen (secondary N) is 1. The first-order valence-corrected chi connectivity index (χ1v) is 9.90. The molecule has 0 saturated carbocycles. The summed E-state index contributed by atoms with van der Waals surface area (Å²) in [7, 11) is 1.37. The fourth-order valence-corrected chi connectivity index (χ4v) is 3.05. The van der Waals surface area contributed by atoms with Gasteiger partial charge in [-0.2, -0.15) is 0 Å². The zero-order valence-electron chi connectivity index (χ0n) is 16.6. The molecular formula is C21H18BrN3O6. The van der Waals surface area contributed by atoms with Gasteiger partial charge in [0.15, 0.2) is 11.5 Å². The van der Waals surface area contributed by atoms with Gasteiger partial charge in [0.25, 0.3) is 11.6 Å². The number of nitro groups is 1. The van der Waals surface area contributed by atoms with E-state index >= 15 is 0 Å². The fourth-order valence-electron chi connectivity index (χ4n) is 2.67. The van der Waals surface area contributed by atoms with E-state index in [0.29, 0.717) is 23.9 Å². The number of amides is 1. The third-order valence-corrected chi connectivity index (χ3v) is 4.53. The van der Waals surface area contributed by atoms with Gasteiger partial charge in [-0.25, -0.2) is 4.98 Å². The molecule has 0 spiro atoms. The van der Waals surface area contributed by atoms with Gasteiger partial charge in [-0.1, -0.05) is 22.0 Å². The second kappa shape index (κ2) is 9.90. The molecular weight excluding hydrogens is 470 g/mol. The number of nitro benzene ring substituents is 1. The number of halogens is 1. The predicted octanol–water partition coefficient (Wildman–Crippen LogP) is 5.20. The smallest absolute Gasteiger partial charge is 0.286 e. The molecule has 10 heteroatoms. The van der Waals surface area contributed by atoms with Gasteiger partial charge in [0.05, 0.1) is 36.6 Å². The first-order chi connectivity index (χ1) is 14.9. The number of pyridine rings is 1. The van der Waals surface area contributed by atoms with Gasteiger partial charge in [0.2, 0.25) is 5.88 Å². The molecule has 1 N–H and O–H groups in total. The number of hydrogen-bond donors (Lipinski definition) is 1. The summed E-state index contributed by atoms with van der Waals surface area (Å²) >= 11 is 3.36. The Morgan fingerprint density at radius 1 is 1.19 bits per heavy atom. The van der Waals surface area contributed by atoms with Crippen LogP contribution in [0.4, 0.5) is 11.4 Å². The van der Waals surface area contributed by atoms with Crippen LogP contribution in [0, 0.1) is 10.1 Å². The molecule has 1 heterocycles. The van der Waals surface area contributed by atoms with Crippen LogP contribution in [-0.2, 0) is 0 Å². The van der Waals surface area contributed by atoms with Crippen molar-refractivity contribution in [3.8, 4) is 23.1 Å². The number of carbonyl (C=O) groups excluding carboxylic acids is 1.